The average Bonchev–Trinajstić information content (AvgIpc) is 3.84. The van der Waals surface area contributed by atoms with Crippen LogP contribution >= 0.6 is 11.3 Å². The highest BCUT2D eigenvalue weighted by Crippen LogP contribution is 2.41. The number of morpholine rings is 1. The third kappa shape index (κ3) is 5.66. The minimum absolute atomic E-state index is 0.0196. The van der Waals surface area contributed by atoms with Gasteiger partial charge in [-0.15, -0.1) is 11.3 Å². The van der Waals surface area contributed by atoms with Gasteiger partial charge in [-0.2, -0.15) is 0 Å². The zero-order valence-electron chi connectivity index (χ0n) is 27.1. The van der Waals surface area contributed by atoms with Gasteiger partial charge >= 0.3 is 5.97 Å². The molecule has 15 heteroatoms. The number of aryl methyl sites for hydroxylation is 1. The largest absolute Gasteiger partial charge is 0.480 e. The van der Waals surface area contributed by atoms with Gasteiger partial charge in [0.25, 0.3) is 6.43 Å². The predicted octanol–water partition coefficient (Wildman–Crippen LogP) is 5.23. The molecule has 3 atom stereocenters. The van der Waals surface area contributed by atoms with Crippen molar-refractivity contribution < 1.29 is 37.3 Å². The number of carbonyl (C=O) groups is 1. The number of hydrogen-bond donors (Lipinski definition) is 1. The molecule has 0 amide bonds. The number of thiazole rings is 1. The maximum atomic E-state index is 14.1. The summed E-state index contributed by atoms with van der Waals surface area (Å²) in [5.41, 5.74) is 1.61. The molecule has 1 spiro atoms. The van der Waals surface area contributed by atoms with Gasteiger partial charge in [0.05, 0.1) is 32.4 Å². The Morgan fingerprint density at radius 2 is 2.02 bits per heavy atom. The Balaban J connectivity index is 1.15. The van der Waals surface area contributed by atoms with Crippen molar-refractivity contribution in [3.8, 4) is 17.7 Å². The Morgan fingerprint density at radius 3 is 2.76 bits per heavy atom. The van der Waals surface area contributed by atoms with Gasteiger partial charge in [0, 0.05) is 41.2 Å². The normalized spacial score (nSPS) is 21.5. The van der Waals surface area contributed by atoms with E-state index in [2.05, 4.69) is 45.5 Å². The van der Waals surface area contributed by atoms with Gasteiger partial charge in [-0.05, 0) is 37.5 Å². The number of aliphatic carboxylic acids is 1. The smallest absolute Gasteiger partial charge is 0.326 e. The van der Waals surface area contributed by atoms with Gasteiger partial charge in [0.1, 0.15) is 34.5 Å². The molecule has 0 saturated carbocycles. The summed E-state index contributed by atoms with van der Waals surface area (Å²) in [6.45, 7) is 6.10. The van der Waals surface area contributed by atoms with Crippen LogP contribution in [0.15, 0.2) is 47.1 Å². The number of rotatable bonds is 7. The van der Waals surface area contributed by atoms with Gasteiger partial charge in [0.2, 0.25) is 5.88 Å². The highest BCUT2D eigenvalue weighted by molar-refractivity contribution is 7.12. The van der Waals surface area contributed by atoms with Crippen molar-refractivity contribution in [1.82, 2.24) is 19.9 Å². The molecule has 1 N–H and O–H groups in total. The number of halogens is 2. The second kappa shape index (κ2) is 12.8. The van der Waals surface area contributed by atoms with Crippen LogP contribution < -0.4 is 14.5 Å². The Labute approximate surface area is 289 Å². The van der Waals surface area contributed by atoms with Gasteiger partial charge < -0.3 is 33.5 Å². The van der Waals surface area contributed by atoms with Crippen LogP contribution in [0.25, 0.3) is 22.1 Å². The van der Waals surface area contributed by atoms with Crippen LogP contribution in [0, 0.1) is 11.8 Å². The van der Waals surface area contributed by atoms with E-state index in [4.69, 9.17) is 23.6 Å². The minimum atomic E-state index is -2.98. The molecule has 4 aromatic heterocycles. The number of fused-ring (bicyclic) bond motifs is 3. The van der Waals surface area contributed by atoms with Crippen LogP contribution in [0.4, 0.5) is 20.3 Å². The number of benzene rings is 1. The molecule has 0 radical (unpaired) electrons. The molecule has 3 fully saturated rings. The Hall–Kier alpha value is -4.91. The first-order chi connectivity index (χ1) is 24.2. The zero-order valence-corrected chi connectivity index (χ0v) is 28.0. The maximum absolute atomic E-state index is 14.1. The predicted molar refractivity (Wildman–Crippen MR) is 180 cm³/mol. The molecule has 0 unspecified atom stereocenters. The lowest BCUT2D eigenvalue weighted by Gasteiger charge is -2.53. The Bertz CT molecular complexity index is 2160. The molecule has 7 heterocycles. The summed E-state index contributed by atoms with van der Waals surface area (Å²) >= 11 is 1.54. The second-order valence-corrected chi connectivity index (χ2v) is 13.6. The van der Waals surface area contributed by atoms with Crippen LogP contribution in [0.5, 0.6) is 5.88 Å². The standard InChI is InChI=1S/C35H32F2N6O6S/c1-3-22-15-38-27(50-22)9-8-20-12-24(42-10-11-47-35(19(42)2)17-46-18-35)33(39-14-20)48-21-13-25(34(44)45)43(16-21)32-29-28(40-31(41-32)30(36)37)23-6-4-5-7-26(23)49-29/h4-7,12,14-15,19,21,25,30H,3,10-11,13,16-18H2,1-2H3,(H,44,45)/t19-,21-,25-/m0/s1. The van der Waals surface area contributed by atoms with E-state index in [9.17, 15) is 18.7 Å². The number of pyridine rings is 1. The summed E-state index contributed by atoms with van der Waals surface area (Å²) in [5, 5.41) is 11.6. The molecule has 5 aromatic rings. The van der Waals surface area contributed by atoms with Crippen molar-refractivity contribution in [1.29, 1.82) is 0 Å². The molecule has 3 aliphatic heterocycles. The van der Waals surface area contributed by atoms with Crippen molar-refractivity contribution in [2.75, 3.05) is 42.7 Å². The molecule has 0 bridgehead atoms. The zero-order chi connectivity index (χ0) is 34.6. The lowest BCUT2D eigenvalue weighted by Crippen LogP contribution is -2.68. The lowest BCUT2D eigenvalue weighted by atomic mass is 9.90. The fourth-order valence-corrected chi connectivity index (χ4v) is 7.46. The number of furan rings is 1. The molecule has 12 nitrogen and oxygen atoms in total. The van der Waals surface area contributed by atoms with E-state index in [1.807, 2.05) is 12.3 Å². The van der Waals surface area contributed by atoms with E-state index in [1.54, 1.807) is 41.8 Å². The number of carboxylic acids is 1. The van der Waals surface area contributed by atoms with Crippen molar-refractivity contribution in [3.63, 3.8) is 0 Å². The van der Waals surface area contributed by atoms with E-state index in [0.29, 0.717) is 59.5 Å². The number of alkyl halides is 2. The van der Waals surface area contributed by atoms with Crippen LogP contribution in [-0.2, 0) is 20.7 Å². The van der Waals surface area contributed by atoms with Gasteiger partial charge in [-0.3, -0.25) is 0 Å². The molecular formula is C35H32F2N6O6S. The number of para-hydroxylation sites is 1. The minimum Gasteiger partial charge on any atom is -0.480 e. The van der Waals surface area contributed by atoms with Crippen LogP contribution in [0.3, 0.4) is 0 Å². The summed E-state index contributed by atoms with van der Waals surface area (Å²) < 4.78 is 52.4. The topological polar surface area (TPSA) is 136 Å². The van der Waals surface area contributed by atoms with Gasteiger partial charge in [-0.25, -0.2) is 33.5 Å². The first-order valence-corrected chi connectivity index (χ1v) is 17.1. The van der Waals surface area contributed by atoms with E-state index in [1.165, 1.54) is 4.90 Å². The molecule has 258 valence electrons. The number of aromatic nitrogens is 4. The maximum Gasteiger partial charge on any atom is 0.326 e. The van der Waals surface area contributed by atoms with Crippen molar-refractivity contribution in [3.05, 3.63) is 64.0 Å². The first kappa shape index (κ1) is 32.3. The SMILES string of the molecule is CCc1cnc(C#Cc2cnc(O[C@H]3C[C@@H](C(=O)O)N(c4nc(C(F)F)nc5c4oc4ccccc45)C3)c(N3CCOC4(COC4)[C@@H]3C)c2)s1. The molecular weight excluding hydrogens is 670 g/mol. The summed E-state index contributed by atoms with van der Waals surface area (Å²) in [4.78, 5) is 34.7. The van der Waals surface area contributed by atoms with Crippen LogP contribution in [0.2, 0.25) is 0 Å². The van der Waals surface area contributed by atoms with Gasteiger partial charge in [0.15, 0.2) is 22.2 Å². The lowest BCUT2D eigenvalue weighted by molar-refractivity contribution is -0.228. The number of nitrogens with zero attached hydrogens (tertiary/aromatic N) is 6. The summed E-state index contributed by atoms with van der Waals surface area (Å²) in [6.07, 6.45) is 0.688. The number of carboxylic acid groups (broad SMARTS) is 1. The van der Waals surface area contributed by atoms with E-state index in [0.717, 1.165) is 11.3 Å². The van der Waals surface area contributed by atoms with Crippen molar-refractivity contribution in [2.24, 2.45) is 0 Å². The van der Waals surface area contributed by atoms with Crippen molar-refractivity contribution in [2.45, 2.75) is 56.9 Å². The quantitative estimate of drug-likeness (QED) is 0.223. The average molecular weight is 703 g/mol. The summed E-state index contributed by atoms with van der Waals surface area (Å²) in [6, 6.07) is 7.59. The first-order valence-electron chi connectivity index (χ1n) is 16.3. The fourth-order valence-electron chi connectivity index (χ4n) is 6.76. The van der Waals surface area contributed by atoms with E-state index in [-0.39, 0.29) is 35.9 Å². The van der Waals surface area contributed by atoms with E-state index >= 15 is 0 Å². The fraction of sp³-hybridized carbons (Fsp3) is 0.400. The monoisotopic (exact) mass is 702 g/mol. The van der Waals surface area contributed by atoms with Gasteiger partial charge in [-0.1, -0.05) is 25.0 Å². The van der Waals surface area contributed by atoms with Crippen LogP contribution in [-0.4, -0.2) is 87.7 Å². The highest BCUT2D eigenvalue weighted by atomic mass is 32.1. The molecule has 3 saturated heterocycles. The third-order valence-corrected chi connectivity index (χ3v) is 10.6. The summed E-state index contributed by atoms with van der Waals surface area (Å²) in [7, 11) is 0. The molecule has 0 aliphatic carbocycles. The molecule has 50 heavy (non-hydrogen) atoms. The molecule has 3 aliphatic rings. The number of hydrogen-bond acceptors (Lipinski definition) is 12. The third-order valence-electron chi connectivity index (χ3n) is 9.51. The Kier molecular flexibility index (Phi) is 8.25. The molecule has 8 rings (SSSR count). The Morgan fingerprint density at radius 1 is 1.18 bits per heavy atom. The van der Waals surface area contributed by atoms with Crippen molar-refractivity contribution >= 4 is 50.9 Å². The number of anilines is 2. The summed E-state index contributed by atoms with van der Waals surface area (Å²) in [5.74, 6) is 4.71. The van der Waals surface area contributed by atoms with E-state index < -0.39 is 36.0 Å². The second-order valence-electron chi connectivity index (χ2n) is 12.5. The highest BCUT2D eigenvalue weighted by Gasteiger charge is 2.50. The number of ether oxygens (including phenoxy) is 3. The van der Waals surface area contributed by atoms with Crippen LogP contribution in [0.1, 0.15) is 48.0 Å². The molecule has 1 aromatic carbocycles.